The Balaban J connectivity index is 2.09. The van der Waals surface area contributed by atoms with E-state index in [1.54, 1.807) is 0 Å². The minimum Gasteiger partial charge on any atom is -0.384 e. The van der Waals surface area contributed by atoms with Gasteiger partial charge < -0.3 is 16.0 Å². The lowest BCUT2D eigenvalue weighted by molar-refractivity contribution is -0.119. The third kappa shape index (κ3) is 3.50. The molecule has 3 N–H and O–H groups in total. The van der Waals surface area contributed by atoms with Crippen molar-refractivity contribution in [1.29, 1.82) is 0 Å². The van der Waals surface area contributed by atoms with Crippen LogP contribution in [0.25, 0.3) is 0 Å². The predicted molar refractivity (Wildman–Crippen MR) is 78.8 cm³/mol. The summed E-state index contributed by atoms with van der Waals surface area (Å²) in [5.74, 6) is -0.145. The Morgan fingerprint density at radius 3 is 2.90 bits per heavy atom. The van der Waals surface area contributed by atoms with Gasteiger partial charge in [0, 0.05) is 25.2 Å². The molecule has 2 rings (SSSR count). The van der Waals surface area contributed by atoms with E-state index in [0.29, 0.717) is 18.5 Å². The third-order valence-corrected chi connectivity index (χ3v) is 3.30. The second-order valence-corrected chi connectivity index (χ2v) is 5.15. The van der Waals surface area contributed by atoms with Gasteiger partial charge in [-0.15, -0.1) is 0 Å². The number of hydrogen-bond donors (Lipinski definition) is 3. The largest absolute Gasteiger partial charge is 0.384 e. The van der Waals surface area contributed by atoms with Crippen LogP contribution in [0.5, 0.6) is 0 Å². The van der Waals surface area contributed by atoms with Crippen LogP contribution in [0.1, 0.15) is 35.7 Å². The molecule has 1 heterocycles. The van der Waals surface area contributed by atoms with Gasteiger partial charge in [0.2, 0.25) is 5.91 Å². The van der Waals surface area contributed by atoms with Crippen LogP contribution in [0, 0.1) is 6.92 Å². The number of carbonyl (C=O) groups excluding carboxylic acids is 2. The Bertz CT molecular complexity index is 514. The lowest BCUT2D eigenvalue weighted by atomic mass is 10.1. The molecule has 0 aromatic heterocycles. The number of hydrogen-bond acceptors (Lipinski definition) is 3. The molecule has 1 aliphatic heterocycles. The van der Waals surface area contributed by atoms with Gasteiger partial charge >= 0.3 is 0 Å². The summed E-state index contributed by atoms with van der Waals surface area (Å²) < 4.78 is 0. The van der Waals surface area contributed by atoms with Crippen molar-refractivity contribution in [2.75, 3.05) is 18.4 Å². The molecule has 0 saturated carbocycles. The first-order valence-electron chi connectivity index (χ1n) is 7.02. The predicted octanol–water partition coefficient (Wildman–Crippen LogP) is 1.44. The maximum atomic E-state index is 12.3. The van der Waals surface area contributed by atoms with E-state index in [2.05, 4.69) is 22.9 Å². The highest BCUT2D eigenvalue weighted by atomic mass is 16.2. The summed E-state index contributed by atoms with van der Waals surface area (Å²) in [6.07, 6.45) is 1.35. The summed E-state index contributed by atoms with van der Waals surface area (Å²) in [6, 6.07) is 5.61. The van der Waals surface area contributed by atoms with E-state index in [-0.39, 0.29) is 17.9 Å². The molecule has 1 atom stereocenters. The van der Waals surface area contributed by atoms with Crippen LogP contribution in [0.2, 0.25) is 0 Å². The fraction of sp³-hybridized carbons (Fsp3) is 0.467. The zero-order valence-electron chi connectivity index (χ0n) is 12.0. The Labute approximate surface area is 119 Å². The van der Waals surface area contributed by atoms with Crippen LogP contribution in [-0.4, -0.2) is 30.9 Å². The van der Waals surface area contributed by atoms with Gasteiger partial charge in [-0.3, -0.25) is 9.59 Å². The second kappa shape index (κ2) is 6.41. The number of amides is 2. The standard InChI is InChI=1S/C15H21N3O2/c1-3-6-16-13-7-10(2)4-5-12(13)15(20)18-11-8-14(19)17-9-11/h4-5,7,11,16H,3,6,8-9H2,1-2H3,(H,17,19)(H,18,20). The van der Waals surface area contributed by atoms with Crippen molar-refractivity contribution in [3.8, 4) is 0 Å². The molecule has 0 spiro atoms. The monoisotopic (exact) mass is 275 g/mol. The first-order valence-corrected chi connectivity index (χ1v) is 7.02. The zero-order chi connectivity index (χ0) is 14.5. The highest BCUT2D eigenvalue weighted by Crippen LogP contribution is 2.18. The normalized spacial score (nSPS) is 17.7. The topological polar surface area (TPSA) is 70.2 Å². The Morgan fingerprint density at radius 1 is 1.45 bits per heavy atom. The Morgan fingerprint density at radius 2 is 2.25 bits per heavy atom. The van der Waals surface area contributed by atoms with E-state index in [9.17, 15) is 9.59 Å². The molecule has 0 bridgehead atoms. The number of nitrogens with one attached hydrogen (secondary N) is 3. The van der Waals surface area contributed by atoms with Gasteiger partial charge in [0.1, 0.15) is 0 Å². The van der Waals surface area contributed by atoms with Gasteiger partial charge in [0.05, 0.1) is 11.6 Å². The number of aryl methyl sites for hydroxylation is 1. The van der Waals surface area contributed by atoms with Gasteiger partial charge in [-0.25, -0.2) is 0 Å². The maximum Gasteiger partial charge on any atom is 0.253 e. The van der Waals surface area contributed by atoms with E-state index >= 15 is 0 Å². The molecular weight excluding hydrogens is 254 g/mol. The summed E-state index contributed by atoms with van der Waals surface area (Å²) >= 11 is 0. The van der Waals surface area contributed by atoms with E-state index in [1.807, 2.05) is 25.1 Å². The molecule has 1 saturated heterocycles. The molecule has 5 nitrogen and oxygen atoms in total. The summed E-state index contributed by atoms with van der Waals surface area (Å²) in [4.78, 5) is 23.5. The van der Waals surface area contributed by atoms with Crippen LogP contribution in [0.3, 0.4) is 0 Å². The summed E-state index contributed by atoms with van der Waals surface area (Å²) in [7, 11) is 0. The molecule has 1 aromatic rings. The molecular formula is C15H21N3O2. The van der Waals surface area contributed by atoms with Crippen molar-refractivity contribution < 1.29 is 9.59 Å². The third-order valence-electron chi connectivity index (χ3n) is 3.30. The quantitative estimate of drug-likeness (QED) is 0.761. The molecule has 5 heteroatoms. The van der Waals surface area contributed by atoms with Crippen molar-refractivity contribution in [3.63, 3.8) is 0 Å². The van der Waals surface area contributed by atoms with Crippen LogP contribution >= 0.6 is 0 Å². The zero-order valence-corrected chi connectivity index (χ0v) is 12.0. The molecule has 1 aromatic carbocycles. The van der Waals surface area contributed by atoms with Crippen LogP contribution in [-0.2, 0) is 4.79 Å². The fourth-order valence-corrected chi connectivity index (χ4v) is 2.23. The second-order valence-electron chi connectivity index (χ2n) is 5.15. The first-order chi connectivity index (χ1) is 9.60. The lowest BCUT2D eigenvalue weighted by Gasteiger charge is -2.15. The molecule has 20 heavy (non-hydrogen) atoms. The van der Waals surface area contributed by atoms with Crippen molar-refractivity contribution in [2.45, 2.75) is 32.7 Å². The first kappa shape index (κ1) is 14.4. The van der Waals surface area contributed by atoms with Gasteiger partial charge in [-0.1, -0.05) is 13.0 Å². The van der Waals surface area contributed by atoms with E-state index in [1.165, 1.54) is 0 Å². The maximum absolute atomic E-state index is 12.3. The van der Waals surface area contributed by atoms with Crippen LogP contribution in [0.15, 0.2) is 18.2 Å². The van der Waals surface area contributed by atoms with Gasteiger partial charge in [0.25, 0.3) is 5.91 Å². The number of carbonyl (C=O) groups is 2. The van der Waals surface area contributed by atoms with Gasteiger partial charge in [0.15, 0.2) is 0 Å². The molecule has 1 unspecified atom stereocenters. The van der Waals surface area contributed by atoms with Crippen LogP contribution in [0.4, 0.5) is 5.69 Å². The number of rotatable bonds is 5. The number of benzene rings is 1. The average Bonchev–Trinajstić information content (AvgIpc) is 2.81. The molecule has 2 amide bonds. The van der Waals surface area contributed by atoms with E-state index in [0.717, 1.165) is 24.2 Å². The minimum absolute atomic E-state index is 0.0106. The smallest absolute Gasteiger partial charge is 0.253 e. The summed E-state index contributed by atoms with van der Waals surface area (Å²) in [5.41, 5.74) is 2.59. The van der Waals surface area contributed by atoms with Crippen molar-refractivity contribution in [3.05, 3.63) is 29.3 Å². The van der Waals surface area contributed by atoms with Gasteiger partial charge in [-0.05, 0) is 31.0 Å². The molecule has 108 valence electrons. The molecule has 1 fully saturated rings. The average molecular weight is 275 g/mol. The summed E-state index contributed by atoms with van der Waals surface area (Å²) in [6.45, 7) is 5.41. The summed E-state index contributed by atoms with van der Waals surface area (Å²) in [5, 5.41) is 8.89. The number of anilines is 1. The molecule has 1 aliphatic rings. The highest BCUT2D eigenvalue weighted by Gasteiger charge is 2.24. The van der Waals surface area contributed by atoms with Crippen molar-refractivity contribution in [1.82, 2.24) is 10.6 Å². The van der Waals surface area contributed by atoms with Gasteiger partial charge in [-0.2, -0.15) is 0 Å². The molecule has 0 radical (unpaired) electrons. The minimum atomic E-state index is -0.134. The Kier molecular flexibility index (Phi) is 4.61. The van der Waals surface area contributed by atoms with Crippen LogP contribution < -0.4 is 16.0 Å². The van der Waals surface area contributed by atoms with E-state index in [4.69, 9.17) is 0 Å². The molecule has 0 aliphatic carbocycles. The Hall–Kier alpha value is -2.04. The van der Waals surface area contributed by atoms with E-state index < -0.39 is 0 Å². The fourth-order valence-electron chi connectivity index (χ4n) is 2.23. The van der Waals surface area contributed by atoms with Crippen molar-refractivity contribution in [2.24, 2.45) is 0 Å². The lowest BCUT2D eigenvalue weighted by Crippen LogP contribution is -2.36. The highest BCUT2D eigenvalue weighted by molar-refractivity contribution is 6.00. The van der Waals surface area contributed by atoms with Crippen molar-refractivity contribution >= 4 is 17.5 Å². The SMILES string of the molecule is CCCNc1cc(C)ccc1C(=O)NC1CNC(=O)C1.